The van der Waals surface area contributed by atoms with Gasteiger partial charge in [0.1, 0.15) is 11.5 Å². The number of hydrogen-bond donors (Lipinski definition) is 2. The van der Waals surface area contributed by atoms with Crippen molar-refractivity contribution >= 4 is 0 Å². The van der Waals surface area contributed by atoms with E-state index in [1.165, 1.54) is 0 Å². The van der Waals surface area contributed by atoms with Crippen LogP contribution < -0.4 is 0 Å². The molecular weight excluding hydrogens is 248 g/mol. The average Bonchev–Trinajstić information content (AvgIpc) is 2.48. The summed E-state index contributed by atoms with van der Waals surface area (Å²) in [7, 11) is 0. The minimum Gasteiger partial charge on any atom is -0.507 e. The van der Waals surface area contributed by atoms with E-state index >= 15 is 0 Å². The van der Waals surface area contributed by atoms with E-state index in [0.29, 0.717) is 5.56 Å². The first-order chi connectivity index (χ1) is 9.77. The summed E-state index contributed by atoms with van der Waals surface area (Å²) in [6.07, 6.45) is 0. The van der Waals surface area contributed by atoms with Crippen LogP contribution in [0.4, 0.5) is 0 Å². The third kappa shape index (κ3) is 2.12. The van der Waals surface area contributed by atoms with Crippen molar-refractivity contribution in [1.29, 1.82) is 0 Å². The van der Waals surface area contributed by atoms with Crippen LogP contribution in [0.3, 0.4) is 0 Å². The average molecular weight is 261 g/mol. The lowest BCUT2D eigenvalue weighted by molar-refractivity contribution is 0.476. The third-order valence-electron chi connectivity index (χ3n) is 3.22. The van der Waals surface area contributed by atoms with Crippen molar-refractivity contribution in [3.05, 3.63) is 72.8 Å². The second kappa shape index (κ2) is 5.10. The summed E-state index contributed by atoms with van der Waals surface area (Å²) < 4.78 is 0. The lowest BCUT2D eigenvalue weighted by Crippen LogP contribution is -1.86. The van der Waals surface area contributed by atoms with Crippen molar-refractivity contribution < 1.29 is 10.2 Å². The van der Waals surface area contributed by atoms with Gasteiger partial charge in [0, 0.05) is 16.7 Å². The molecule has 0 amide bonds. The van der Waals surface area contributed by atoms with Gasteiger partial charge in [-0.1, -0.05) is 54.6 Å². The fourth-order valence-electron chi connectivity index (χ4n) is 2.27. The summed E-state index contributed by atoms with van der Waals surface area (Å²) in [5.74, 6) is 0.412. The Morgan fingerprint density at radius 1 is 0.600 bits per heavy atom. The molecule has 2 heteroatoms. The van der Waals surface area contributed by atoms with E-state index < -0.39 is 0 Å². The summed E-state index contributed by atoms with van der Waals surface area (Å²) in [5, 5.41) is 20.1. The van der Waals surface area contributed by atoms with Gasteiger partial charge in [0.25, 0.3) is 0 Å². The van der Waals surface area contributed by atoms with E-state index in [0.717, 1.165) is 16.7 Å². The third-order valence-corrected chi connectivity index (χ3v) is 3.22. The van der Waals surface area contributed by atoms with Crippen LogP contribution in [0.25, 0.3) is 22.3 Å². The van der Waals surface area contributed by atoms with E-state index in [1.54, 1.807) is 30.3 Å². The van der Waals surface area contributed by atoms with Crippen LogP contribution in [0.1, 0.15) is 0 Å². The molecule has 0 saturated heterocycles. The van der Waals surface area contributed by atoms with Gasteiger partial charge in [-0.25, -0.2) is 0 Å². The molecule has 0 aliphatic heterocycles. The minimum absolute atomic E-state index is 0.201. The van der Waals surface area contributed by atoms with E-state index in [9.17, 15) is 10.2 Å². The van der Waals surface area contributed by atoms with Gasteiger partial charge in [-0.15, -0.1) is 0 Å². The Hall–Kier alpha value is -2.74. The first kappa shape index (κ1) is 12.3. The van der Waals surface area contributed by atoms with E-state index in [2.05, 4.69) is 6.07 Å². The summed E-state index contributed by atoms with van der Waals surface area (Å²) >= 11 is 0. The van der Waals surface area contributed by atoms with Crippen molar-refractivity contribution in [1.82, 2.24) is 0 Å². The predicted octanol–water partition coefficient (Wildman–Crippen LogP) is 4.23. The molecular formula is C18H13O2. The SMILES string of the molecule is Oc1ccccc1-c1[c]cccc1-c1ccccc1O. The van der Waals surface area contributed by atoms with Crippen LogP contribution in [0.2, 0.25) is 0 Å². The molecule has 0 aliphatic carbocycles. The Balaban J connectivity index is 2.25. The molecule has 0 atom stereocenters. The summed E-state index contributed by atoms with van der Waals surface area (Å²) in [5.41, 5.74) is 3.04. The van der Waals surface area contributed by atoms with Gasteiger partial charge in [-0.05, 0) is 23.8 Å². The van der Waals surface area contributed by atoms with Crippen LogP contribution in [0.15, 0.2) is 66.7 Å². The maximum absolute atomic E-state index is 10.0. The number of phenolic OH excluding ortho intramolecular Hbond substituents is 2. The largest absolute Gasteiger partial charge is 0.507 e. The van der Waals surface area contributed by atoms with E-state index in [4.69, 9.17) is 0 Å². The molecule has 3 aromatic carbocycles. The number of para-hydroxylation sites is 2. The smallest absolute Gasteiger partial charge is 0.123 e. The Morgan fingerprint density at radius 2 is 1.15 bits per heavy atom. The molecule has 0 saturated carbocycles. The predicted molar refractivity (Wildman–Crippen MR) is 79.5 cm³/mol. The molecule has 0 heterocycles. The van der Waals surface area contributed by atoms with Crippen molar-refractivity contribution in [3.8, 4) is 33.8 Å². The molecule has 0 fully saturated rings. The molecule has 97 valence electrons. The minimum atomic E-state index is 0.201. The van der Waals surface area contributed by atoms with Crippen LogP contribution in [0.5, 0.6) is 11.5 Å². The molecule has 0 bridgehead atoms. The van der Waals surface area contributed by atoms with E-state index in [-0.39, 0.29) is 11.5 Å². The Bertz CT molecular complexity index is 683. The van der Waals surface area contributed by atoms with Crippen LogP contribution in [-0.2, 0) is 0 Å². The second-order valence-corrected chi connectivity index (χ2v) is 4.49. The van der Waals surface area contributed by atoms with Gasteiger partial charge < -0.3 is 10.2 Å². The lowest BCUT2D eigenvalue weighted by atomic mass is 9.93. The molecule has 3 aromatic rings. The van der Waals surface area contributed by atoms with Crippen LogP contribution in [0, 0.1) is 6.07 Å². The quantitative estimate of drug-likeness (QED) is 0.724. The zero-order chi connectivity index (χ0) is 13.9. The van der Waals surface area contributed by atoms with Crippen molar-refractivity contribution in [2.75, 3.05) is 0 Å². The molecule has 2 nitrogen and oxygen atoms in total. The molecule has 3 rings (SSSR count). The first-order valence-corrected chi connectivity index (χ1v) is 6.35. The fourth-order valence-corrected chi connectivity index (χ4v) is 2.27. The monoisotopic (exact) mass is 261 g/mol. The van der Waals surface area contributed by atoms with Crippen LogP contribution in [-0.4, -0.2) is 10.2 Å². The van der Waals surface area contributed by atoms with Crippen molar-refractivity contribution in [3.63, 3.8) is 0 Å². The van der Waals surface area contributed by atoms with Crippen molar-refractivity contribution in [2.45, 2.75) is 0 Å². The molecule has 1 radical (unpaired) electrons. The van der Waals surface area contributed by atoms with Gasteiger partial charge in [0.05, 0.1) is 0 Å². The van der Waals surface area contributed by atoms with Gasteiger partial charge in [0.15, 0.2) is 0 Å². The zero-order valence-electron chi connectivity index (χ0n) is 10.7. The standard InChI is InChI=1S/C18H13O2/c19-17-11-5-3-9-15(17)13-7-1-2-8-14(13)16-10-4-6-12-18(16)20/h1-7,9-12,19-20H. The molecule has 20 heavy (non-hydrogen) atoms. The first-order valence-electron chi connectivity index (χ1n) is 6.35. The zero-order valence-corrected chi connectivity index (χ0v) is 10.7. The highest BCUT2D eigenvalue weighted by Gasteiger charge is 2.12. The second-order valence-electron chi connectivity index (χ2n) is 4.49. The van der Waals surface area contributed by atoms with Gasteiger partial charge in [-0.3, -0.25) is 0 Å². The normalized spacial score (nSPS) is 10.4. The van der Waals surface area contributed by atoms with Crippen molar-refractivity contribution in [2.24, 2.45) is 0 Å². The maximum atomic E-state index is 10.0. The highest BCUT2D eigenvalue weighted by atomic mass is 16.3. The molecule has 0 spiro atoms. The number of rotatable bonds is 2. The fraction of sp³-hybridized carbons (Fsp3) is 0. The highest BCUT2D eigenvalue weighted by Crippen LogP contribution is 2.39. The van der Waals surface area contributed by atoms with Gasteiger partial charge in [0.2, 0.25) is 0 Å². The highest BCUT2D eigenvalue weighted by molar-refractivity contribution is 5.87. The maximum Gasteiger partial charge on any atom is 0.123 e. The molecule has 2 N–H and O–H groups in total. The Kier molecular flexibility index (Phi) is 3.13. The number of aromatic hydroxyl groups is 2. The molecule has 0 aromatic heterocycles. The number of hydrogen-bond acceptors (Lipinski definition) is 2. The Morgan fingerprint density at radius 3 is 1.80 bits per heavy atom. The van der Waals surface area contributed by atoms with Gasteiger partial charge in [-0.2, -0.15) is 0 Å². The Labute approximate surface area is 117 Å². The molecule has 0 aliphatic rings. The lowest BCUT2D eigenvalue weighted by Gasteiger charge is -2.12. The topological polar surface area (TPSA) is 40.5 Å². The summed E-state index contributed by atoms with van der Waals surface area (Å²) in [6.45, 7) is 0. The molecule has 0 unspecified atom stereocenters. The number of phenols is 2. The summed E-state index contributed by atoms with van der Waals surface area (Å²) in [6, 6.07) is 23.0. The van der Waals surface area contributed by atoms with E-state index in [1.807, 2.05) is 36.4 Å². The summed E-state index contributed by atoms with van der Waals surface area (Å²) in [4.78, 5) is 0. The number of benzene rings is 3. The van der Waals surface area contributed by atoms with Crippen LogP contribution >= 0.6 is 0 Å². The van der Waals surface area contributed by atoms with Gasteiger partial charge >= 0.3 is 0 Å².